The second kappa shape index (κ2) is 4.65. The first-order valence-corrected chi connectivity index (χ1v) is 6.00. The molecule has 0 aliphatic carbocycles. The Kier molecular flexibility index (Phi) is 2.83. The highest BCUT2D eigenvalue weighted by atomic mass is 16.4. The average Bonchev–Trinajstić information content (AvgIpc) is 2.48. The number of hydrogen-bond acceptors (Lipinski definition) is 4. The number of pyridine rings is 1. The number of carboxylic acids is 1. The van der Waals surface area contributed by atoms with Crippen molar-refractivity contribution in [1.82, 2.24) is 4.98 Å². The predicted molar refractivity (Wildman–Crippen MR) is 76.5 cm³/mol. The number of nitrogens with zero attached hydrogens (tertiary/aromatic N) is 2. The van der Waals surface area contributed by atoms with E-state index in [9.17, 15) is 9.59 Å². The number of aromatic carboxylic acids is 1. The first-order chi connectivity index (χ1) is 9.66. The number of H-pyrrole nitrogens is 1. The molecule has 0 bridgehead atoms. The lowest BCUT2D eigenvalue weighted by atomic mass is 10.1. The second-order valence-electron chi connectivity index (χ2n) is 4.35. The lowest BCUT2D eigenvalue weighted by Crippen LogP contribution is -2.20. The van der Waals surface area contributed by atoms with Crippen LogP contribution < -0.4 is 10.3 Å². The normalized spacial score (nSPS) is 13.9. The Bertz CT molecular complexity index is 805. The van der Waals surface area contributed by atoms with Gasteiger partial charge >= 0.3 is 5.97 Å². The number of benzene rings is 1. The Morgan fingerprint density at radius 2 is 2.25 bits per heavy atom. The summed E-state index contributed by atoms with van der Waals surface area (Å²) < 4.78 is 0. The van der Waals surface area contributed by atoms with Gasteiger partial charge in [-0.3, -0.25) is 9.79 Å². The minimum atomic E-state index is -1.23. The summed E-state index contributed by atoms with van der Waals surface area (Å²) in [4.78, 5) is 31.7. The largest absolute Gasteiger partial charge is 0.477 e. The van der Waals surface area contributed by atoms with Crippen molar-refractivity contribution >= 4 is 28.8 Å². The summed E-state index contributed by atoms with van der Waals surface area (Å²) in [6.45, 7) is 0.652. The third-order valence-corrected chi connectivity index (χ3v) is 3.14. The quantitative estimate of drug-likeness (QED) is 0.866. The van der Waals surface area contributed by atoms with Crippen molar-refractivity contribution in [3.8, 4) is 0 Å². The van der Waals surface area contributed by atoms with E-state index in [2.05, 4.69) is 9.98 Å². The van der Waals surface area contributed by atoms with Crippen molar-refractivity contribution in [2.24, 2.45) is 4.99 Å². The number of carbonyl (C=O) groups is 1. The Balaban J connectivity index is 2.11. The second-order valence-corrected chi connectivity index (χ2v) is 4.35. The fourth-order valence-electron chi connectivity index (χ4n) is 2.11. The summed E-state index contributed by atoms with van der Waals surface area (Å²) in [5, 5.41) is 9.30. The molecule has 0 saturated carbocycles. The van der Waals surface area contributed by atoms with Crippen molar-refractivity contribution in [1.29, 1.82) is 0 Å². The zero-order valence-electron chi connectivity index (χ0n) is 10.4. The number of carboxylic acid groups (broad SMARTS) is 1. The van der Waals surface area contributed by atoms with Gasteiger partial charge in [-0.05, 0) is 18.2 Å². The van der Waals surface area contributed by atoms with Crippen LogP contribution in [-0.2, 0) is 0 Å². The van der Waals surface area contributed by atoms with Crippen LogP contribution in [0.2, 0.25) is 0 Å². The van der Waals surface area contributed by atoms with Crippen LogP contribution in [0.5, 0.6) is 0 Å². The minimum Gasteiger partial charge on any atom is -0.477 e. The maximum atomic E-state index is 12.0. The summed E-state index contributed by atoms with van der Waals surface area (Å²) >= 11 is 0. The van der Waals surface area contributed by atoms with Gasteiger partial charge in [-0.1, -0.05) is 0 Å². The lowest BCUT2D eigenvalue weighted by molar-refractivity contribution is 0.0695. The van der Waals surface area contributed by atoms with E-state index in [1.807, 2.05) is 17.2 Å². The van der Waals surface area contributed by atoms with Crippen LogP contribution in [0.3, 0.4) is 0 Å². The van der Waals surface area contributed by atoms with E-state index in [4.69, 9.17) is 5.11 Å². The van der Waals surface area contributed by atoms with Gasteiger partial charge in [-0.2, -0.15) is 0 Å². The van der Waals surface area contributed by atoms with Crippen LogP contribution in [0, 0.1) is 0 Å². The molecule has 0 unspecified atom stereocenters. The summed E-state index contributed by atoms with van der Waals surface area (Å²) in [6.07, 6.45) is 6.53. The van der Waals surface area contributed by atoms with Gasteiger partial charge in [0.25, 0.3) is 0 Å². The molecule has 2 N–H and O–H groups in total. The fourth-order valence-corrected chi connectivity index (χ4v) is 2.11. The first kappa shape index (κ1) is 12.2. The molecule has 6 nitrogen and oxygen atoms in total. The highest BCUT2D eigenvalue weighted by molar-refractivity contribution is 5.93. The van der Waals surface area contributed by atoms with Crippen molar-refractivity contribution < 1.29 is 9.90 Å². The number of aromatic nitrogens is 1. The van der Waals surface area contributed by atoms with Gasteiger partial charge in [0.2, 0.25) is 5.43 Å². The Hall–Kier alpha value is -2.89. The van der Waals surface area contributed by atoms with Crippen LogP contribution in [0.1, 0.15) is 10.4 Å². The number of nitrogens with one attached hydrogen (secondary N) is 1. The highest BCUT2D eigenvalue weighted by Gasteiger charge is 2.12. The molecule has 2 aromatic rings. The van der Waals surface area contributed by atoms with Crippen molar-refractivity contribution in [2.45, 2.75) is 0 Å². The molecule has 100 valence electrons. The molecular formula is C14H11N3O3. The van der Waals surface area contributed by atoms with Crippen LogP contribution in [-0.4, -0.2) is 28.8 Å². The van der Waals surface area contributed by atoms with Crippen LogP contribution in [0.25, 0.3) is 10.9 Å². The predicted octanol–water partition coefficient (Wildman–Crippen LogP) is 1.59. The third kappa shape index (κ3) is 1.97. The molecule has 3 rings (SSSR count). The Morgan fingerprint density at radius 1 is 1.40 bits per heavy atom. The van der Waals surface area contributed by atoms with Crippen molar-refractivity contribution in [3.63, 3.8) is 0 Å². The summed E-state index contributed by atoms with van der Waals surface area (Å²) in [5.41, 5.74) is 0.774. The van der Waals surface area contributed by atoms with Gasteiger partial charge in [-0.25, -0.2) is 4.79 Å². The molecule has 0 amide bonds. The van der Waals surface area contributed by atoms with Crippen molar-refractivity contribution in [3.05, 3.63) is 52.6 Å². The number of aromatic amines is 1. The molecular weight excluding hydrogens is 258 g/mol. The third-order valence-electron chi connectivity index (χ3n) is 3.14. The Morgan fingerprint density at radius 3 is 2.95 bits per heavy atom. The molecule has 1 aromatic heterocycles. The van der Waals surface area contributed by atoms with E-state index < -0.39 is 11.4 Å². The molecule has 0 radical (unpaired) electrons. The summed E-state index contributed by atoms with van der Waals surface area (Å²) in [6, 6.07) is 5.23. The van der Waals surface area contributed by atoms with Crippen LogP contribution in [0.4, 0.5) is 5.69 Å². The molecule has 1 aromatic carbocycles. The number of anilines is 1. The lowest BCUT2D eigenvalue weighted by Gasteiger charge is -2.20. The molecule has 1 aliphatic rings. The molecule has 0 spiro atoms. The van der Waals surface area contributed by atoms with E-state index in [1.54, 1.807) is 24.5 Å². The fraction of sp³-hybridized carbons (Fsp3) is 0.0714. The molecule has 6 heteroatoms. The summed E-state index contributed by atoms with van der Waals surface area (Å²) in [7, 11) is 0. The molecule has 2 heterocycles. The summed E-state index contributed by atoms with van der Waals surface area (Å²) in [5.74, 6) is -1.23. The zero-order chi connectivity index (χ0) is 14.1. The maximum Gasteiger partial charge on any atom is 0.341 e. The van der Waals surface area contributed by atoms with E-state index in [-0.39, 0.29) is 5.56 Å². The van der Waals surface area contributed by atoms with Crippen LogP contribution >= 0.6 is 0 Å². The van der Waals surface area contributed by atoms with Gasteiger partial charge in [0, 0.05) is 35.9 Å². The molecule has 0 saturated heterocycles. The van der Waals surface area contributed by atoms with Gasteiger partial charge in [0.1, 0.15) is 5.56 Å². The SMILES string of the molecule is O=C(O)c1c[nH]c2cc(N3C=CN=CC3)ccc2c1=O. The Labute approximate surface area is 113 Å². The zero-order valence-corrected chi connectivity index (χ0v) is 10.4. The molecule has 0 atom stereocenters. The number of hydrogen-bond donors (Lipinski definition) is 2. The minimum absolute atomic E-state index is 0.254. The van der Waals surface area contributed by atoms with E-state index >= 15 is 0 Å². The standard InChI is InChI=1S/C14H11N3O3/c18-13-10-2-1-9(17-5-3-15-4-6-17)7-12(10)16-8-11(13)14(19)20/h1-5,7-8H,6H2,(H,16,18)(H,19,20). The molecule has 20 heavy (non-hydrogen) atoms. The van der Waals surface area contributed by atoms with Gasteiger partial charge < -0.3 is 15.0 Å². The van der Waals surface area contributed by atoms with Gasteiger partial charge in [0.15, 0.2) is 0 Å². The molecule has 0 fully saturated rings. The average molecular weight is 269 g/mol. The van der Waals surface area contributed by atoms with Crippen molar-refractivity contribution in [2.75, 3.05) is 11.4 Å². The van der Waals surface area contributed by atoms with E-state index in [0.29, 0.717) is 17.4 Å². The van der Waals surface area contributed by atoms with Gasteiger partial charge in [-0.15, -0.1) is 0 Å². The molecule has 1 aliphatic heterocycles. The van der Waals surface area contributed by atoms with E-state index in [0.717, 1.165) is 5.69 Å². The highest BCUT2D eigenvalue weighted by Crippen LogP contribution is 2.20. The number of fused-ring (bicyclic) bond motifs is 1. The maximum absolute atomic E-state index is 12.0. The monoisotopic (exact) mass is 269 g/mol. The number of rotatable bonds is 2. The van der Waals surface area contributed by atoms with Gasteiger partial charge in [0.05, 0.1) is 12.1 Å². The number of aliphatic imine (C=N–C) groups is 1. The first-order valence-electron chi connectivity index (χ1n) is 6.00. The topological polar surface area (TPSA) is 85.8 Å². The van der Waals surface area contributed by atoms with E-state index in [1.165, 1.54) is 6.20 Å². The van der Waals surface area contributed by atoms with Crippen LogP contribution in [0.15, 0.2) is 46.6 Å². The smallest absolute Gasteiger partial charge is 0.341 e.